The highest BCUT2D eigenvalue weighted by Crippen LogP contribution is 2.46. The molecule has 2 atom stereocenters. The molecule has 1 amide bonds. The van der Waals surface area contributed by atoms with E-state index in [1.54, 1.807) is 0 Å². The molecule has 3 nitrogen and oxygen atoms in total. The summed E-state index contributed by atoms with van der Waals surface area (Å²) in [5.74, 6) is 0.450. The number of carbonyl (C=O) groups is 1. The third kappa shape index (κ3) is 2.77. The third-order valence-electron chi connectivity index (χ3n) is 5.44. The van der Waals surface area contributed by atoms with Crippen LogP contribution in [0.2, 0.25) is 5.02 Å². The first-order valence-electron chi connectivity index (χ1n) is 8.26. The van der Waals surface area contributed by atoms with Crippen LogP contribution in [0, 0.1) is 5.92 Å². The van der Waals surface area contributed by atoms with E-state index in [0.29, 0.717) is 11.6 Å². The van der Waals surface area contributed by atoms with E-state index in [9.17, 15) is 9.90 Å². The molecular weight excluding hydrogens is 298 g/mol. The largest absolute Gasteiger partial charge is 0.393 e. The van der Waals surface area contributed by atoms with Crippen molar-refractivity contribution >= 4 is 17.5 Å². The molecule has 120 valence electrons. The van der Waals surface area contributed by atoms with Gasteiger partial charge in [-0.1, -0.05) is 30.2 Å². The fourth-order valence-electron chi connectivity index (χ4n) is 3.82. The van der Waals surface area contributed by atoms with Crippen molar-refractivity contribution in [1.82, 2.24) is 4.90 Å². The Labute approximate surface area is 137 Å². The lowest BCUT2D eigenvalue weighted by molar-refractivity contribution is -0.143. The van der Waals surface area contributed by atoms with Gasteiger partial charge in [-0.15, -0.1) is 0 Å². The molecule has 1 aromatic rings. The van der Waals surface area contributed by atoms with Gasteiger partial charge in [0.15, 0.2) is 0 Å². The number of rotatable bonds is 3. The number of aliphatic hydroxyl groups is 1. The predicted molar refractivity (Wildman–Crippen MR) is 88.0 cm³/mol. The molecule has 1 aliphatic heterocycles. The lowest BCUT2D eigenvalue weighted by atomic mass is 9.63. The molecule has 0 aromatic heterocycles. The maximum absolute atomic E-state index is 13.2. The minimum Gasteiger partial charge on any atom is -0.393 e. The number of hydrogen-bond acceptors (Lipinski definition) is 2. The quantitative estimate of drug-likeness (QED) is 0.927. The molecule has 1 saturated carbocycles. The summed E-state index contributed by atoms with van der Waals surface area (Å²) in [5.41, 5.74) is 0.734. The van der Waals surface area contributed by atoms with E-state index in [4.69, 9.17) is 11.6 Å². The van der Waals surface area contributed by atoms with Gasteiger partial charge in [0.2, 0.25) is 5.91 Å². The van der Waals surface area contributed by atoms with Crippen LogP contribution in [-0.2, 0) is 10.2 Å². The molecular formula is C18H24ClNO2. The zero-order valence-corrected chi connectivity index (χ0v) is 13.9. The van der Waals surface area contributed by atoms with Gasteiger partial charge < -0.3 is 10.0 Å². The lowest BCUT2D eigenvalue weighted by Crippen LogP contribution is -2.54. The van der Waals surface area contributed by atoms with Crippen molar-refractivity contribution in [2.24, 2.45) is 5.92 Å². The minimum absolute atomic E-state index is 0.208. The van der Waals surface area contributed by atoms with Crippen LogP contribution < -0.4 is 0 Å². The monoisotopic (exact) mass is 321 g/mol. The number of aliphatic hydroxyl groups excluding tert-OH is 1. The average molecular weight is 322 g/mol. The normalized spacial score (nSPS) is 25.4. The van der Waals surface area contributed by atoms with Gasteiger partial charge in [-0.3, -0.25) is 4.79 Å². The molecule has 1 aliphatic carbocycles. The van der Waals surface area contributed by atoms with E-state index in [0.717, 1.165) is 44.2 Å². The summed E-state index contributed by atoms with van der Waals surface area (Å²) in [7, 11) is 0. The van der Waals surface area contributed by atoms with Crippen LogP contribution in [0.5, 0.6) is 0 Å². The SMILES string of the molecule is C[C@H](O)[C@@H]1CCCN(C(=O)C2(c3ccc(Cl)cc3)CCC2)C1. The van der Waals surface area contributed by atoms with Crippen molar-refractivity contribution in [3.63, 3.8) is 0 Å². The second-order valence-corrected chi connectivity index (χ2v) is 7.27. The summed E-state index contributed by atoms with van der Waals surface area (Å²) in [6.45, 7) is 3.33. The molecule has 1 saturated heterocycles. The Morgan fingerprint density at radius 1 is 1.32 bits per heavy atom. The van der Waals surface area contributed by atoms with Crippen molar-refractivity contribution in [3.05, 3.63) is 34.9 Å². The molecule has 0 spiro atoms. The van der Waals surface area contributed by atoms with Crippen LogP contribution in [0.1, 0.15) is 44.6 Å². The molecule has 2 fully saturated rings. The Morgan fingerprint density at radius 3 is 2.55 bits per heavy atom. The first kappa shape index (κ1) is 15.8. The molecule has 0 bridgehead atoms. The van der Waals surface area contributed by atoms with Gasteiger partial charge in [-0.25, -0.2) is 0 Å². The first-order chi connectivity index (χ1) is 10.5. The van der Waals surface area contributed by atoms with Crippen molar-refractivity contribution in [1.29, 1.82) is 0 Å². The fourth-order valence-corrected chi connectivity index (χ4v) is 3.94. The van der Waals surface area contributed by atoms with Gasteiger partial charge >= 0.3 is 0 Å². The van der Waals surface area contributed by atoms with Crippen molar-refractivity contribution in [2.45, 2.75) is 50.5 Å². The van der Waals surface area contributed by atoms with E-state index >= 15 is 0 Å². The van der Waals surface area contributed by atoms with Gasteiger partial charge in [-0.2, -0.15) is 0 Å². The maximum Gasteiger partial charge on any atom is 0.233 e. The van der Waals surface area contributed by atoms with Crippen LogP contribution >= 0.6 is 11.6 Å². The van der Waals surface area contributed by atoms with Crippen LogP contribution in [0.4, 0.5) is 0 Å². The van der Waals surface area contributed by atoms with Gasteiger partial charge in [0, 0.05) is 24.0 Å². The molecule has 22 heavy (non-hydrogen) atoms. The molecule has 2 aliphatic rings. The number of halogens is 1. The van der Waals surface area contributed by atoms with E-state index in [1.807, 2.05) is 36.1 Å². The zero-order chi connectivity index (χ0) is 15.7. The first-order valence-corrected chi connectivity index (χ1v) is 8.64. The molecule has 3 rings (SSSR count). The van der Waals surface area contributed by atoms with Gasteiger partial charge in [-0.05, 0) is 50.3 Å². The molecule has 1 N–H and O–H groups in total. The van der Waals surface area contributed by atoms with Gasteiger partial charge in [0.05, 0.1) is 11.5 Å². The van der Waals surface area contributed by atoms with Gasteiger partial charge in [0.25, 0.3) is 0 Å². The second kappa shape index (κ2) is 6.21. The van der Waals surface area contributed by atoms with Crippen molar-refractivity contribution in [3.8, 4) is 0 Å². The van der Waals surface area contributed by atoms with E-state index in [2.05, 4.69) is 0 Å². The number of hydrogen-bond donors (Lipinski definition) is 1. The van der Waals surface area contributed by atoms with E-state index in [-0.39, 0.29) is 23.3 Å². The maximum atomic E-state index is 13.2. The number of benzene rings is 1. The van der Waals surface area contributed by atoms with Gasteiger partial charge in [0.1, 0.15) is 0 Å². The summed E-state index contributed by atoms with van der Waals surface area (Å²) in [5, 5.41) is 10.6. The summed E-state index contributed by atoms with van der Waals surface area (Å²) < 4.78 is 0. The highest BCUT2D eigenvalue weighted by atomic mass is 35.5. The molecule has 0 unspecified atom stereocenters. The molecule has 4 heteroatoms. The number of piperidine rings is 1. The Morgan fingerprint density at radius 2 is 2.00 bits per heavy atom. The number of likely N-dealkylation sites (tertiary alicyclic amines) is 1. The predicted octanol–water partition coefficient (Wildman–Crippen LogP) is 3.38. The molecule has 1 aromatic carbocycles. The van der Waals surface area contributed by atoms with E-state index in [1.165, 1.54) is 0 Å². The average Bonchev–Trinajstić information content (AvgIpc) is 2.48. The minimum atomic E-state index is -0.356. The summed E-state index contributed by atoms with van der Waals surface area (Å²) in [4.78, 5) is 15.1. The number of amides is 1. The van der Waals surface area contributed by atoms with Crippen LogP contribution in [0.3, 0.4) is 0 Å². The zero-order valence-electron chi connectivity index (χ0n) is 13.1. The fraction of sp³-hybridized carbons (Fsp3) is 0.611. The topological polar surface area (TPSA) is 40.5 Å². The second-order valence-electron chi connectivity index (χ2n) is 6.84. The molecule has 1 heterocycles. The Hall–Kier alpha value is -1.06. The van der Waals surface area contributed by atoms with Crippen LogP contribution in [-0.4, -0.2) is 35.1 Å². The van der Waals surface area contributed by atoms with Crippen LogP contribution in [0.15, 0.2) is 24.3 Å². The van der Waals surface area contributed by atoms with Crippen molar-refractivity contribution in [2.75, 3.05) is 13.1 Å². The Balaban J connectivity index is 1.81. The van der Waals surface area contributed by atoms with Crippen LogP contribution in [0.25, 0.3) is 0 Å². The van der Waals surface area contributed by atoms with Crippen molar-refractivity contribution < 1.29 is 9.90 Å². The Bertz CT molecular complexity index is 537. The number of carbonyl (C=O) groups excluding carboxylic acids is 1. The Kier molecular flexibility index (Phi) is 4.47. The highest BCUT2D eigenvalue weighted by molar-refractivity contribution is 6.30. The lowest BCUT2D eigenvalue weighted by Gasteiger charge is -2.46. The van der Waals surface area contributed by atoms with E-state index < -0.39 is 0 Å². The summed E-state index contributed by atoms with van der Waals surface area (Å²) in [6.07, 6.45) is 4.59. The third-order valence-corrected chi connectivity index (χ3v) is 5.69. The summed E-state index contributed by atoms with van der Waals surface area (Å²) >= 11 is 5.98. The molecule has 0 radical (unpaired) electrons. The standard InChI is InChI=1S/C18H24ClNO2/c1-13(21)14-4-2-11-20(12-14)17(22)18(9-3-10-18)15-5-7-16(19)8-6-15/h5-8,13-14,21H,2-4,9-12H2,1H3/t13-,14+/m0/s1. The summed E-state index contributed by atoms with van der Waals surface area (Å²) in [6, 6.07) is 7.74. The smallest absolute Gasteiger partial charge is 0.233 e. The number of nitrogens with zero attached hydrogens (tertiary/aromatic N) is 1. The highest BCUT2D eigenvalue weighted by Gasteiger charge is 2.48.